The maximum Gasteiger partial charge on any atom is 0.314 e. The molecule has 2 amide bonds. The number of carbonyl (C=O) groups excluding carboxylic acids is 1. The minimum atomic E-state index is -0.211. The zero-order chi connectivity index (χ0) is 20.1. The molecule has 0 aromatic heterocycles. The molecule has 1 unspecified atom stereocenters. The lowest BCUT2D eigenvalue weighted by molar-refractivity contribution is 0.229. The van der Waals surface area contributed by atoms with Crippen molar-refractivity contribution in [3.05, 3.63) is 65.5 Å². The molecule has 154 valence electrons. The van der Waals surface area contributed by atoms with E-state index >= 15 is 0 Å². The Kier molecular flexibility index (Phi) is 6.30. The van der Waals surface area contributed by atoms with Gasteiger partial charge in [0.1, 0.15) is 5.82 Å². The van der Waals surface area contributed by atoms with Crippen molar-refractivity contribution >= 4 is 11.7 Å². The number of amides is 2. The Labute approximate surface area is 171 Å². The highest BCUT2D eigenvalue weighted by molar-refractivity contribution is 5.73. The van der Waals surface area contributed by atoms with Crippen LogP contribution in [0.4, 0.5) is 14.9 Å². The van der Waals surface area contributed by atoms with Crippen molar-refractivity contribution in [3.63, 3.8) is 0 Å². The van der Waals surface area contributed by atoms with Crippen LogP contribution in [-0.4, -0.2) is 50.2 Å². The average Bonchev–Trinajstić information content (AvgIpc) is 3.22. The van der Waals surface area contributed by atoms with Gasteiger partial charge in [0.05, 0.1) is 0 Å². The summed E-state index contributed by atoms with van der Waals surface area (Å²) in [5, 5.41) is 5.98. The number of rotatable bonds is 6. The fourth-order valence-electron chi connectivity index (χ4n) is 4.26. The minimum Gasteiger partial charge on any atom is -0.371 e. The van der Waals surface area contributed by atoms with Crippen LogP contribution in [0.5, 0.6) is 0 Å². The first kappa shape index (κ1) is 19.7. The summed E-state index contributed by atoms with van der Waals surface area (Å²) >= 11 is 0. The molecule has 2 aromatic rings. The van der Waals surface area contributed by atoms with Crippen LogP contribution in [-0.2, 0) is 13.0 Å². The van der Waals surface area contributed by atoms with Crippen LogP contribution in [0.15, 0.2) is 48.5 Å². The van der Waals surface area contributed by atoms with E-state index in [0.717, 1.165) is 51.3 Å². The summed E-state index contributed by atoms with van der Waals surface area (Å²) in [6, 6.07) is 15.1. The van der Waals surface area contributed by atoms with Gasteiger partial charge in [-0.25, -0.2) is 9.18 Å². The number of hydrogen-bond donors (Lipinski definition) is 2. The molecule has 6 heteroatoms. The van der Waals surface area contributed by atoms with Crippen molar-refractivity contribution in [3.8, 4) is 0 Å². The monoisotopic (exact) mass is 396 g/mol. The molecular weight excluding hydrogens is 367 g/mol. The van der Waals surface area contributed by atoms with Crippen LogP contribution in [0, 0.1) is 11.7 Å². The van der Waals surface area contributed by atoms with Gasteiger partial charge in [0.25, 0.3) is 0 Å². The van der Waals surface area contributed by atoms with Crippen molar-refractivity contribution in [1.29, 1.82) is 0 Å². The molecule has 4 rings (SSSR count). The third kappa shape index (κ3) is 5.26. The van der Waals surface area contributed by atoms with Gasteiger partial charge in [0, 0.05) is 51.5 Å². The maximum atomic E-state index is 13.1. The Morgan fingerprint density at radius 1 is 1.03 bits per heavy atom. The molecule has 0 radical (unpaired) electrons. The minimum absolute atomic E-state index is 0.0948. The number of urea groups is 1. The van der Waals surface area contributed by atoms with Crippen molar-refractivity contribution in [1.82, 2.24) is 15.5 Å². The van der Waals surface area contributed by atoms with Crippen molar-refractivity contribution < 1.29 is 9.18 Å². The highest BCUT2D eigenvalue weighted by Gasteiger charge is 2.23. The van der Waals surface area contributed by atoms with Gasteiger partial charge in [-0.15, -0.1) is 0 Å². The van der Waals surface area contributed by atoms with Crippen LogP contribution in [0.1, 0.15) is 17.5 Å². The predicted octanol–water partition coefficient (Wildman–Crippen LogP) is 3.01. The largest absolute Gasteiger partial charge is 0.371 e. The molecule has 0 saturated carbocycles. The number of carbonyl (C=O) groups is 1. The molecule has 0 aliphatic carbocycles. The highest BCUT2D eigenvalue weighted by atomic mass is 19.1. The molecule has 1 saturated heterocycles. The predicted molar refractivity (Wildman–Crippen MR) is 114 cm³/mol. The highest BCUT2D eigenvalue weighted by Crippen LogP contribution is 2.23. The first-order chi connectivity index (χ1) is 14.2. The SMILES string of the molecule is O=C(NCCN1CCc2ccccc2C1)NCC1CCN(c2ccc(F)cc2)C1. The van der Waals surface area contributed by atoms with E-state index in [1.165, 1.54) is 23.3 Å². The lowest BCUT2D eigenvalue weighted by Gasteiger charge is -2.28. The molecule has 1 fully saturated rings. The van der Waals surface area contributed by atoms with E-state index in [4.69, 9.17) is 0 Å². The van der Waals surface area contributed by atoms with Gasteiger partial charge in [-0.2, -0.15) is 0 Å². The first-order valence-corrected chi connectivity index (χ1v) is 10.5. The van der Waals surface area contributed by atoms with E-state index in [2.05, 4.69) is 44.7 Å². The number of hydrogen-bond acceptors (Lipinski definition) is 3. The summed E-state index contributed by atoms with van der Waals surface area (Å²) in [4.78, 5) is 16.8. The summed E-state index contributed by atoms with van der Waals surface area (Å²) in [7, 11) is 0. The average molecular weight is 397 g/mol. The Hall–Kier alpha value is -2.60. The third-order valence-corrected chi connectivity index (χ3v) is 5.95. The van der Waals surface area contributed by atoms with Crippen LogP contribution < -0.4 is 15.5 Å². The quantitative estimate of drug-likeness (QED) is 0.789. The molecule has 2 aliphatic rings. The van der Waals surface area contributed by atoms with Crippen LogP contribution >= 0.6 is 0 Å². The second-order valence-electron chi connectivity index (χ2n) is 8.01. The molecule has 2 aliphatic heterocycles. The number of nitrogens with zero attached hydrogens (tertiary/aromatic N) is 2. The standard InChI is InChI=1S/C23H29FN4O/c24-21-5-7-22(8-6-21)28-13-9-18(16-28)15-26-23(29)25-11-14-27-12-10-19-3-1-2-4-20(19)17-27/h1-8,18H,9-17H2,(H2,25,26,29). The third-order valence-electron chi connectivity index (χ3n) is 5.95. The molecule has 2 heterocycles. The van der Waals surface area contributed by atoms with Gasteiger partial charge >= 0.3 is 6.03 Å². The van der Waals surface area contributed by atoms with E-state index < -0.39 is 0 Å². The van der Waals surface area contributed by atoms with Gasteiger partial charge in [0.2, 0.25) is 0 Å². The van der Waals surface area contributed by atoms with Crippen LogP contribution in [0.3, 0.4) is 0 Å². The van der Waals surface area contributed by atoms with E-state index in [9.17, 15) is 9.18 Å². The lowest BCUT2D eigenvalue weighted by Crippen LogP contribution is -2.43. The maximum absolute atomic E-state index is 13.1. The molecule has 2 aromatic carbocycles. The summed E-state index contributed by atoms with van der Waals surface area (Å²) < 4.78 is 13.1. The molecule has 5 nitrogen and oxygen atoms in total. The molecule has 1 atom stereocenters. The summed E-state index contributed by atoms with van der Waals surface area (Å²) in [5.41, 5.74) is 3.89. The number of nitrogens with one attached hydrogen (secondary N) is 2. The normalized spacial score (nSPS) is 19.1. The fourth-order valence-corrected chi connectivity index (χ4v) is 4.26. The zero-order valence-corrected chi connectivity index (χ0v) is 16.7. The van der Waals surface area contributed by atoms with Crippen LogP contribution in [0.25, 0.3) is 0 Å². The summed E-state index contributed by atoms with van der Waals surface area (Å²) in [5.74, 6) is 0.209. The van der Waals surface area contributed by atoms with Gasteiger partial charge < -0.3 is 15.5 Å². The van der Waals surface area contributed by atoms with Crippen molar-refractivity contribution in [2.75, 3.05) is 44.2 Å². The molecular formula is C23H29FN4O. The number of benzene rings is 2. The molecule has 0 bridgehead atoms. The van der Waals surface area contributed by atoms with Crippen molar-refractivity contribution in [2.45, 2.75) is 19.4 Å². The Balaban J connectivity index is 1.13. The van der Waals surface area contributed by atoms with E-state index in [0.29, 0.717) is 19.0 Å². The Bertz CT molecular complexity index is 826. The number of fused-ring (bicyclic) bond motifs is 1. The molecule has 0 spiro atoms. The summed E-state index contributed by atoms with van der Waals surface area (Å²) in [6.07, 6.45) is 2.11. The van der Waals surface area contributed by atoms with Crippen LogP contribution in [0.2, 0.25) is 0 Å². The summed E-state index contributed by atoms with van der Waals surface area (Å²) in [6.45, 7) is 6.02. The fraction of sp³-hybridized carbons (Fsp3) is 0.435. The smallest absolute Gasteiger partial charge is 0.314 e. The molecule has 29 heavy (non-hydrogen) atoms. The van der Waals surface area contributed by atoms with Gasteiger partial charge in [-0.1, -0.05) is 24.3 Å². The topological polar surface area (TPSA) is 47.6 Å². The first-order valence-electron chi connectivity index (χ1n) is 10.5. The van der Waals surface area contributed by atoms with Gasteiger partial charge in [-0.3, -0.25) is 4.90 Å². The Morgan fingerprint density at radius 2 is 1.83 bits per heavy atom. The number of anilines is 1. The second kappa shape index (κ2) is 9.27. The van der Waals surface area contributed by atoms with Crippen molar-refractivity contribution in [2.24, 2.45) is 5.92 Å². The van der Waals surface area contributed by atoms with Gasteiger partial charge in [-0.05, 0) is 54.2 Å². The van der Waals surface area contributed by atoms with E-state index in [1.807, 2.05) is 12.1 Å². The van der Waals surface area contributed by atoms with E-state index in [-0.39, 0.29) is 11.8 Å². The lowest BCUT2D eigenvalue weighted by atomic mass is 10.00. The molecule has 2 N–H and O–H groups in total. The number of halogens is 1. The van der Waals surface area contributed by atoms with E-state index in [1.54, 1.807) is 0 Å². The Morgan fingerprint density at radius 3 is 2.66 bits per heavy atom. The second-order valence-corrected chi connectivity index (χ2v) is 8.01. The zero-order valence-electron chi connectivity index (χ0n) is 16.7. The van der Waals surface area contributed by atoms with Gasteiger partial charge in [0.15, 0.2) is 0 Å².